The van der Waals surface area contributed by atoms with Gasteiger partial charge in [-0.2, -0.15) is 0 Å². The van der Waals surface area contributed by atoms with Crippen LogP contribution in [0.25, 0.3) is 5.57 Å². The molecular weight excluding hydrogens is 388 g/mol. The quantitative estimate of drug-likeness (QED) is 0.406. The summed E-state index contributed by atoms with van der Waals surface area (Å²) in [5, 5.41) is 11.2. The van der Waals surface area contributed by atoms with Crippen LogP contribution in [0.3, 0.4) is 0 Å². The molecule has 0 unspecified atom stereocenters. The second kappa shape index (κ2) is 12.3. The summed E-state index contributed by atoms with van der Waals surface area (Å²) in [5.41, 5.74) is 3.50. The molecule has 1 heterocycles. The molecule has 0 aliphatic rings. The molecule has 0 atom stereocenters. The van der Waals surface area contributed by atoms with Crippen molar-refractivity contribution in [3.05, 3.63) is 53.9 Å². The number of alkyl carbamates (subject to hydrolysis) is 1. The Balaban J connectivity index is 1.77. The van der Waals surface area contributed by atoms with Crippen molar-refractivity contribution < 1.29 is 9.53 Å². The van der Waals surface area contributed by atoms with E-state index in [-0.39, 0.29) is 6.61 Å². The predicted octanol–water partition coefficient (Wildman–Crippen LogP) is 5.88. The minimum Gasteiger partial charge on any atom is -0.449 e. The molecule has 0 saturated heterocycles. The highest BCUT2D eigenvalue weighted by Crippen LogP contribution is 2.23. The smallest absolute Gasteiger partial charge is 0.407 e. The van der Waals surface area contributed by atoms with Crippen LogP contribution in [0.2, 0.25) is 0 Å². The number of carbonyl (C=O) groups is 1. The Hall–Kier alpha value is -2.63. The summed E-state index contributed by atoms with van der Waals surface area (Å²) in [6.45, 7) is 13.3. The van der Waals surface area contributed by atoms with Gasteiger partial charge >= 0.3 is 6.09 Å². The molecule has 6 nitrogen and oxygen atoms in total. The second-order valence-corrected chi connectivity index (χ2v) is 8.71. The first-order valence-corrected chi connectivity index (χ1v) is 11.4. The van der Waals surface area contributed by atoms with E-state index in [9.17, 15) is 4.79 Å². The van der Waals surface area contributed by atoms with Crippen LogP contribution in [0, 0.1) is 0 Å². The van der Waals surface area contributed by atoms with Crippen molar-refractivity contribution in [3.8, 4) is 0 Å². The molecule has 170 valence electrons. The summed E-state index contributed by atoms with van der Waals surface area (Å²) in [7, 11) is 0. The van der Waals surface area contributed by atoms with Gasteiger partial charge in [0.2, 0.25) is 0 Å². The van der Waals surface area contributed by atoms with Gasteiger partial charge in [-0.1, -0.05) is 74.6 Å². The number of allylic oxidation sites excluding steroid dienone is 1. The zero-order chi connectivity index (χ0) is 22.7. The fourth-order valence-corrected chi connectivity index (χ4v) is 3.49. The number of hydrogen-bond acceptors (Lipinski definition) is 4. The molecule has 1 aromatic carbocycles. The lowest BCUT2D eigenvalue weighted by Gasteiger charge is -2.27. The first-order valence-electron chi connectivity index (χ1n) is 11.4. The third-order valence-electron chi connectivity index (χ3n) is 5.50. The molecule has 0 radical (unpaired) electrons. The van der Waals surface area contributed by atoms with Crippen LogP contribution in [0.1, 0.15) is 83.0 Å². The van der Waals surface area contributed by atoms with Crippen LogP contribution >= 0.6 is 0 Å². The molecule has 0 fully saturated rings. The van der Waals surface area contributed by atoms with E-state index in [1.165, 1.54) is 32.1 Å². The Bertz CT molecular complexity index is 842. The van der Waals surface area contributed by atoms with E-state index in [1.807, 2.05) is 43.7 Å². The van der Waals surface area contributed by atoms with Gasteiger partial charge < -0.3 is 10.1 Å². The maximum absolute atomic E-state index is 12.4. The Labute approximate surface area is 187 Å². The topological polar surface area (TPSA) is 69.0 Å². The van der Waals surface area contributed by atoms with Crippen molar-refractivity contribution in [1.82, 2.24) is 20.3 Å². The number of nitrogens with zero attached hydrogens (tertiary/aromatic N) is 3. The van der Waals surface area contributed by atoms with Gasteiger partial charge in [-0.3, -0.25) is 0 Å². The number of nitrogens with one attached hydrogen (secondary N) is 1. The lowest BCUT2D eigenvalue weighted by Crippen LogP contribution is -2.41. The molecule has 0 spiro atoms. The summed E-state index contributed by atoms with van der Waals surface area (Å²) in [5.74, 6) is 0. The average Bonchev–Trinajstić information content (AvgIpc) is 3.17. The van der Waals surface area contributed by atoms with Crippen molar-refractivity contribution in [2.75, 3.05) is 6.61 Å². The molecule has 2 rings (SSSR count). The van der Waals surface area contributed by atoms with Gasteiger partial charge in [0.05, 0.1) is 24.0 Å². The summed E-state index contributed by atoms with van der Waals surface area (Å²) in [6, 6.07) is 8.04. The number of benzene rings is 1. The number of aryl methyl sites for hydroxylation is 1. The highest BCUT2D eigenvalue weighted by atomic mass is 16.5. The molecule has 0 aliphatic heterocycles. The number of carbonyl (C=O) groups excluding carboxylic acids is 1. The highest BCUT2D eigenvalue weighted by Gasteiger charge is 2.24. The van der Waals surface area contributed by atoms with E-state index in [0.29, 0.717) is 6.42 Å². The van der Waals surface area contributed by atoms with E-state index in [0.717, 1.165) is 35.4 Å². The molecule has 2 aromatic rings. The Morgan fingerprint density at radius 3 is 2.68 bits per heavy atom. The van der Waals surface area contributed by atoms with Crippen LogP contribution in [0.15, 0.2) is 37.0 Å². The van der Waals surface area contributed by atoms with Crippen molar-refractivity contribution >= 4 is 11.7 Å². The van der Waals surface area contributed by atoms with Gasteiger partial charge in [0.1, 0.15) is 0 Å². The number of aromatic nitrogens is 3. The van der Waals surface area contributed by atoms with Crippen LogP contribution in [-0.4, -0.2) is 27.7 Å². The molecule has 6 heteroatoms. The van der Waals surface area contributed by atoms with Crippen LogP contribution in [0.5, 0.6) is 0 Å². The molecule has 1 aromatic heterocycles. The van der Waals surface area contributed by atoms with Crippen LogP contribution in [0.4, 0.5) is 4.79 Å². The lowest BCUT2D eigenvalue weighted by molar-refractivity contribution is 0.136. The number of hydrogen-bond donors (Lipinski definition) is 1. The third kappa shape index (κ3) is 8.19. The van der Waals surface area contributed by atoms with Crippen LogP contribution in [-0.2, 0) is 23.2 Å². The summed E-state index contributed by atoms with van der Waals surface area (Å²) in [6.07, 6.45) is 9.37. The van der Waals surface area contributed by atoms with E-state index in [4.69, 9.17) is 4.74 Å². The third-order valence-corrected chi connectivity index (χ3v) is 5.50. The number of amides is 1. The molecule has 1 N–H and O–H groups in total. The van der Waals surface area contributed by atoms with Crippen molar-refractivity contribution in [2.45, 2.75) is 84.7 Å². The minimum absolute atomic E-state index is 0.289. The van der Waals surface area contributed by atoms with Crippen molar-refractivity contribution in [2.24, 2.45) is 0 Å². The van der Waals surface area contributed by atoms with Gasteiger partial charge in [0.15, 0.2) is 0 Å². The summed E-state index contributed by atoms with van der Waals surface area (Å²) in [4.78, 5) is 12.4. The van der Waals surface area contributed by atoms with Gasteiger partial charge in [-0.05, 0) is 44.4 Å². The fraction of sp³-hybridized carbons (Fsp3) is 0.560. The van der Waals surface area contributed by atoms with Gasteiger partial charge in [0.25, 0.3) is 0 Å². The maximum Gasteiger partial charge on any atom is 0.407 e. The zero-order valence-corrected chi connectivity index (χ0v) is 19.6. The summed E-state index contributed by atoms with van der Waals surface area (Å²) >= 11 is 0. The molecule has 1 amide bonds. The number of ether oxygens (including phenoxy) is 1. The predicted molar refractivity (Wildman–Crippen MR) is 126 cm³/mol. The van der Waals surface area contributed by atoms with Crippen LogP contribution < -0.4 is 5.32 Å². The van der Waals surface area contributed by atoms with E-state index in [1.54, 1.807) is 6.20 Å². The molecular formula is C25H38N4O2. The minimum atomic E-state index is -0.552. The largest absolute Gasteiger partial charge is 0.449 e. The van der Waals surface area contributed by atoms with Gasteiger partial charge in [0, 0.05) is 13.0 Å². The number of rotatable bonds is 13. The lowest BCUT2D eigenvalue weighted by atomic mass is 9.92. The highest BCUT2D eigenvalue weighted by molar-refractivity contribution is 5.69. The molecule has 31 heavy (non-hydrogen) atoms. The molecule has 0 bridgehead atoms. The van der Waals surface area contributed by atoms with Gasteiger partial charge in [-0.25, -0.2) is 9.48 Å². The Kier molecular flexibility index (Phi) is 9.76. The first kappa shape index (κ1) is 24.6. The SMILES string of the molecule is C=C(C)c1cccc(C(C)(C)NC(=O)OCCc2cnnn2CCCCCCCC)c1. The zero-order valence-electron chi connectivity index (χ0n) is 19.6. The number of unbranched alkanes of at least 4 members (excludes halogenated alkanes) is 5. The monoisotopic (exact) mass is 426 g/mol. The first-order chi connectivity index (χ1) is 14.8. The van der Waals surface area contributed by atoms with Crippen molar-refractivity contribution in [1.29, 1.82) is 0 Å². The normalized spacial score (nSPS) is 11.4. The standard InChI is InChI=1S/C25H38N4O2/c1-6-7-8-9-10-11-16-29-23(19-26-28-29)15-17-31-24(30)27-25(4,5)22-14-12-13-21(18-22)20(2)3/h12-14,18-19H,2,6-11,15-17H2,1,3-5H3,(H,27,30). The maximum atomic E-state index is 12.4. The van der Waals surface area contributed by atoms with E-state index < -0.39 is 11.6 Å². The van der Waals surface area contributed by atoms with E-state index >= 15 is 0 Å². The van der Waals surface area contributed by atoms with E-state index in [2.05, 4.69) is 35.2 Å². The van der Waals surface area contributed by atoms with Gasteiger partial charge in [-0.15, -0.1) is 5.10 Å². The second-order valence-electron chi connectivity index (χ2n) is 8.71. The Morgan fingerprint density at radius 2 is 1.94 bits per heavy atom. The Morgan fingerprint density at radius 1 is 1.19 bits per heavy atom. The molecule has 0 saturated carbocycles. The fourth-order valence-electron chi connectivity index (χ4n) is 3.49. The van der Waals surface area contributed by atoms with Crippen molar-refractivity contribution in [3.63, 3.8) is 0 Å². The summed E-state index contributed by atoms with van der Waals surface area (Å²) < 4.78 is 7.36. The molecule has 0 aliphatic carbocycles. The average molecular weight is 427 g/mol.